The number of nitrogens with two attached hydrogens (primary N) is 1. The second-order valence-electron chi connectivity index (χ2n) is 4.64. The molecule has 0 spiro atoms. The van der Waals surface area contributed by atoms with Gasteiger partial charge < -0.3 is 5.73 Å². The van der Waals surface area contributed by atoms with Crippen molar-refractivity contribution in [3.05, 3.63) is 57.9 Å². The van der Waals surface area contributed by atoms with Crippen LogP contribution >= 0.6 is 11.6 Å². The van der Waals surface area contributed by atoms with Crippen LogP contribution in [0.4, 0.5) is 0 Å². The van der Waals surface area contributed by atoms with Crippen molar-refractivity contribution < 1.29 is 0 Å². The summed E-state index contributed by atoms with van der Waals surface area (Å²) in [4.78, 5) is 0. The lowest BCUT2D eigenvalue weighted by molar-refractivity contribution is 0.692. The molecule has 3 nitrogen and oxygen atoms in total. The molecule has 1 atom stereocenters. The zero-order valence-electron chi connectivity index (χ0n) is 11.2. The molecule has 0 radical (unpaired) electrons. The molecule has 0 fully saturated rings. The number of aryl methyl sites for hydroxylation is 2. The Bertz CT molecular complexity index is 569. The van der Waals surface area contributed by atoms with E-state index in [0.29, 0.717) is 6.42 Å². The molecule has 0 aliphatic rings. The predicted molar refractivity (Wildman–Crippen MR) is 78.2 cm³/mol. The molecule has 2 N–H and O–H groups in total. The largest absolute Gasteiger partial charge is 0.324 e. The molecule has 2 rings (SSSR count). The fourth-order valence-electron chi connectivity index (χ4n) is 2.14. The molecular weight excluding hydrogens is 258 g/mol. The lowest BCUT2D eigenvalue weighted by Crippen LogP contribution is -2.17. The monoisotopic (exact) mass is 275 g/mol. The van der Waals surface area contributed by atoms with E-state index in [1.807, 2.05) is 37.3 Å². The summed E-state index contributed by atoms with van der Waals surface area (Å²) < 4.78 is 0. The van der Waals surface area contributed by atoms with Gasteiger partial charge in [-0.05, 0) is 43.0 Å². The minimum Gasteiger partial charge on any atom is -0.324 e. The first-order valence-electron chi connectivity index (χ1n) is 6.44. The normalized spacial score (nSPS) is 12.4. The number of hydrogen-bond acceptors (Lipinski definition) is 3. The standard InChI is InChI=1S/C15H18ClN3/c1-3-15-12(8-10(2)18-19-15)14(17)9-11-6-4-5-7-13(11)16/h4-8,14H,3,9,17H2,1-2H3. The molecule has 0 saturated carbocycles. The van der Waals surface area contributed by atoms with E-state index in [4.69, 9.17) is 17.3 Å². The summed E-state index contributed by atoms with van der Waals surface area (Å²) in [7, 11) is 0. The third-order valence-corrected chi connectivity index (χ3v) is 3.53. The van der Waals surface area contributed by atoms with Gasteiger partial charge in [-0.1, -0.05) is 36.7 Å². The van der Waals surface area contributed by atoms with Crippen LogP contribution in [-0.2, 0) is 12.8 Å². The van der Waals surface area contributed by atoms with Crippen LogP contribution < -0.4 is 5.73 Å². The smallest absolute Gasteiger partial charge is 0.0676 e. The Morgan fingerprint density at radius 1 is 1.26 bits per heavy atom. The van der Waals surface area contributed by atoms with Crippen LogP contribution in [0.2, 0.25) is 5.02 Å². The zero-order chi connectivity index (χ0) is 13.8. The molecule has 0 aliphatic carbocycles. The van der Waals surface area contributed by atoms with Crippen LogP contribution in [0.5, 0.6) is 0 Å². The van der Waals surface area contributed by atoms with Gasteiger partial charge in [-0.15, -0.1) is 0 Å². The summed E-state index contributed by atoms with van der Waals surface area (Å²) >= 11 is 6.18. The Labute approximate surface area is 118 Å². The molecule has 0 aliphatic heterocycles. The maximum Gasteiger partial charge on any atom is 0.0676 e. The van der Waals surface area contributed by atoms with Crippen molar-refractivity contribution >= 4 is 11.6 Å². The highest BCUT2D eigenvalue weighted by Crippen LogP contribution is 2.23. The van der Waals surface area contributed by atoms with Gasteiger partial charge in [0, 0.05) is 11.1 Å². The van der Waals surface area contributed by atoms with Gasteiger partial charge in [-0.2, -0.15) is 10.2 Å². The van der Waals surface area contributed by atoms with Crippen LogP contribution in [-0.4, -0.2) is 10.2 Å². The average molecular weight is 276 g/mol. The molecule has 19 heavy (non-hydrogen) atoms. The van der Waals surface area contributed by atoms with Crippen LogP contribution in [0.3, 0.4) is 0 Å². The maximum absolute atomic E-state index is 6.31. The van der Waals surface area contributed by atoms with E-state index in [9.17, 15) is 0 Å². The molecule has 2 aromatic rings. The number of nitrogens with zero attached hydrogens (tertiary/aromatic N) is 2. The molecule has 0 saturated heterocycles. The van der Waals surface area contributed by atoms with Crippen molar-refractivity contribution in [1.29, 1.82) is 0 Å². The van der Waals surface area contributed by atoms with Crippen LogP contribution in [0.1, 0.15) is 35.5 Å². The quantitative estimate of drug-likeness (QED) is 0.932. The second-order valence-corrected chi connectivity index (χ2v) is 5.05. The van der Waals surface area contributed by atoms with Crippen molar-refractivity contribution in [3.63, 3.8) is 0 Å². The number of halogens is 1. The van der Waals surface area contributed by atoms with E-state index in [-0.39, 0.29) is 6.04 Å². The SMILES string of the molecule is CCc1nnc(C)cc1C(N)Cc1ccccc1Cl. The van der Waals surface area contributed by atoms with E-state index in [0.717, 1.165) is 34.0 Å². The second kappa shape index (κ2) is 6.13. The Morgan fingerprint density at radius 2 is 2.00 bits per heavy atom. The lowest BCUT2D eigenvalue weighted by Gasteiger charge is -2.16. The Hall–Kier alpha value is -1.45. The van der Waals surface area contributed by atoms with Gasteiger partial charge in [0.05, 0.1) is 11.4 Å². The van der Waals surface area contributed by atoms with Crippen molar-refractivity contribution in [2.24, 2.45) is 5.73 Å². The highest BCUT2D eigenvalue weighted by atomic mass is 35.5. The van der Waals surface area contributed by atoms with Gasteiger partial charge in [-0.3, -0.25) is 0 Å². The van der Waals surface area contributed by atoms with Gasteiger partial charge in [0.15, 0.2) is 0 Å². The van der Waals surface area contributed by atoms with Gasteiger partial charge >= 0.3 is 0 Å². The third kappa shape index (κ3) is 3.31. The first-order chi connectivity index (χ1) is 9.11. The molecule has 4 heteroatoms. The topological polar surface area (TPSA) is 51.8 Å². The van der Waals surface area contributed by atoms with Gasteiger partial charge in [-0.25, -0.2) is 0 Å². The minimum atomic E-state index is -0.107. The number of rotatable bonds is 4. The first kappa shape index (κ1) is 14.0. The Kier molecular flexibility index (Phi) is 4.51. The average Bonchev–Trinajstić information content (AvgIpc) is 2.41. The molecule has 1 heterocycles. The Morgan fingerprint density at radius 3 is 2.68 bits per heavy atom. The van der Waals surface area contributed by atoms with Crippen molar-refractivity contribution in [1.82, 2.24) is 10.2 Å². The fourth-order valence-corrected chi connectivity index (χ4v) is 2.35. The van der Waals surface area contributed by atoms with Crippen molar-refractivity contribution in [2.45, 2.75) is 32.7 Å². The van der Waals surface area contributed by atoms with Gasteiger partial charge in [0.25, 0.3) is 0 Å². The number of hydrogen-bond donors (Lipinski definition) is 1. The van der Waals surface area contributed by atoms with E-state index in [1.54, 1.807) is 0 Å². The van der Waals surface area contributed by atoms with Crippen molar-refractivity contribution in [2.75, 3.05) is 0 Å². The van der Waals surface area contributed by atoms with Gasteiger partial charge in [0.1, 0.15) is 0 Å². The summed E-state index contributed by atoms with van der Waals surface area (Å²) in [6, 6.07) is 9.71. The lowest BCUT2D eigenvalue weighted by atomic mass is 9.97. The molecule has 1 aromatic carbocycles. The van der Waals surface area contributed by atoms with E-state index >= 15 is 0 Å². The Balaban J connectivity index is 2.27. The van der Waals surface area contributed by atoms with E-state index < -0.39 is 0 Å². The highest BCUT2D eigenvalue weighted by molar-refractivity contribution is 6.31. The molecule has 0 amide bonds. The zero-order valence-corrected chi connectivity index (χ0v) is 12.0. The molecule has 1 aromatic heterocycles. The maximum atomic E-state index is 6.31. The molecule has 100 valence electrons. The highest BCUT2D eigenvalue weighted by Gasteiger charge is 2.14. The summed E-state index contributed by atoms with van der Waals surface area (Å²) in [6.07, 6.45) is 1.54. The summed E-state index contributed by atoms with van der Waals surface area (Å²) in [5, 5.41) is 9.06. The minimum absolute atomic E-state index is 0.107. The predicted octanol–water partition coefficient (Wildman–Crippen LogP) is 3.24. The van der Waals surface area contributed by atoms with Gasteiger partial charge in [0.2, 0.25) is 0 Å². The van der Waals surface area contributed by atoms with Crippen LogP contribution in [0.25, 0.3) is 0 Å². The number of benzene rings is 1. The molecule has 1 unspecified atom stereocenters. The summed E-state index contributed by atoms with van der Waals surface area (Å²) in [5.41, 5.74) is 10.3. The summed E-state index contributed by atoms with van der Waals surface area (Å²) in [6.45, 7) is 3.99. The third-order valence-electron chi connectivity index (χ3n) is 3.16. The van der Waals surface area contributed by atoms with Crippen molar-refractivity contribution in [3.8, 4) is 0 Å². The summed E-state index contributed by atoms with van der Waals surface area (Å²) in [5.74, 6) is 0. The fraction of sp³-hybridized carbons (Fsp3) is 0.333. The molecule has 0 bridgehead atoms. The van der Waals surface area contributed by atoms with Crippen LogP contribution in [0, 0.1) is 6.92 Å². The van der Waals surface area contributed by atoms with Crippen LogP contribution in [0.15, 0.2) is 30.3 Å². The number of aromatic nitrogens is 2. The van der Waals surface area contributed by atoms with E-state index in [1.165, 1.54) is 0 Å². The van der Waals surface area contributed by atoms with E-state index in [2.05, 4.69) is 17.1 Å². The molecular formula is C15H18ClN3. The first-order valence-corrected chi connectivity index (χ1v) is 6.81.